The highest BCUT2D eigenvalue weighted by Gasteiger charge is 2.42. The van der Waals surface area contributed by atoms with Crippen LogP contribution in [0.5, 0.6) is 0 Å². The quantitative estimate of drug-likeness (QED) is 0.696. The Morgan fingerprint density at radius 1 is 1.26 bits per heavy atom. The summed E-state index contributed by atoms with van der Waals surface area (Å²) in [5, 5.41) is 9.22. The number of amides is 2. The van der Waals surface area contributed by atoms with E-state index < -0.39 is 0 Å². The molecule has 108 valence electrons. The largest absolute Gasteiger partial charge is 0.355 e. The number of fused-ring (bicyclic) bond motifs is 2. The van der Waals surface area contributed by atoms with Crippen molar-refractivity contribution in [1.82, 2.24) is 16.0 Å². The molecule has 2 aliphatic heterocycles. The maximum absolute atomic E-state index is 12.0. The van der Waals surface area contributed by atoms with E-state index in [-0.39, 0.29) is 23.3 Å². The molecule has 3 N–H and O–H groups in total. The van der Waals surface area contributed by atoms with Crippen LogP contribution in [0.4, 0.5) is 0 Å². The van der Waals surface area contributed by atoms with E-state index >= 15 is 0 Å². The summed E-state index contributed by atoms with van der Waals surface area (Å²) in [6, 6.07) is 0.887. The van der Waals surface area contributed by atoms with E-state index in [4.69, 9.17) is 0 Å². The van der Waals surface area contributed by atoms with E-state index in [9.17, 15) is 9.59 Å². The van der Waals surface area contributed by atoms with Crippen molar-refractivity contribution in [3.8, 4) is 0 Å². The van der Waals surface area contributed by atoms with Crippen molar-refractivity contribution in [2.75, 3.05) is 6.54 Å². The summed E-state index contributed by atoms with van der Waals surface area (Å²) >= 11 is 0. The Kier molecular flexibility index (Phi) is 4.13. The predicted molar refractivity (Wildman–Crippen MR) is 73.6 cm³/mol. The van der Waals surface area contributed by atoms with Crippen LogP contribution < -0.4 is 16.0 Å². The molecule has 2 bridgehead atoms. The van der Waals surface area contributed by atoms with Crippen LogP contribution in [0.2, 0.25) is 0 Å². The summed E-state index contributed by atoms with van der Waals surface area (Å²) in [6.45, 7) is 6.27. The minimum absolute atomic E-state index is 0.0149. The lowest BCUT2D eigenvalue weighted by Crippen LogP contribution is -2.43. The fourth-order valence-corrected chi connectivity index (χ4v) is 3.03. The molecule has 0 saturated carbocycles. The number of rotatable bonds is 4. The number of hydrogen-bond acceptors (Lipinski definition) is 3. The lowest BCUT2D eigenvalue weighted by Gasteiger charge is -2.21. The molecule has 3 atom stereocenters. The molecule has 2 rings (SSSR count). The Morgan fingerprint density at radius 3 is 2.53 bits per heavy atom. The van der Waals surface area contributed by atoms with Gasteiger partial charge in [0.15, 0.2) is 0 Å². The second-order valence-corrected chi connectivity index (χ2v) is 6.73. The molecule has 2 aliphatic rings. The normalized spacial score (nSPS) is 29.3. The van der Waals surface area contributed by atoms with Crippen molar-refractivity contribution >= 4 is 11.8 Å². The Bertz CT molecular complexity index is 362. The summed E-state index contributed by atoms with van der Waals surface area (Å²) in [4.78, 5) is 23.6. The second kappa shape index (κ2) is 5.49. The molecule has 0 aromatic rings. The van der Waals surface area contributed by atoms with Gasteiger partial charge in [0, 0.05) is 30.6 Å². The van der Waals surface area contributed by atoms with Gasteiger partial charge in [-0.05, 0) is 40.0 Å². The van der Waals surface area contributed by atoms with Crippen LogP contribution in [0, 0.1) is 5.92 Å². The summed E-state index contributed by atoms with van der Waals surface area (Å²) in [7, 11) is 0. The third kappa shape index (κ3) is 3.93. The van der Waals surface area contributed by atoms with Crippen molar-refractivity contribution in [1.29, 1.82) is 0 Å². The highest BCUT2D eigenvalue weighted by Crippen LogP contribution is 2.33. The van der Waals surface area contributed by atoms with E-state index in [0.29, 0.717) is 25.0 Å². The van der Waals surface area contributed by atoms with Crippen LogP contribution in [-0.2, 0) is 9.59 Å². The maximum Gasteiger partial charge on any atom is 0.224 e. The molecular formula is C14H25N3O2. The highest BCUT2D eigenvalue weighted by atomic mass is 16.2. The molecule has 19 heavy (non-hydrogen) atoms. The lowest BCUT2D eigenvalue weighted by molar-refractivity contribution is -0.126. The smallest absolute Gasteiger partial charge is 0.224 e. The molecule has 3 unspecified atom stereocenters. The van der Waals surface area contributed by atoms with Crippen molar-refractivity contribution in [3.63, 3.8) is 0 Å². The SMILES string of the molecule is CC(C)(C)NC(=O)CCNC(=O)C1CC2CCC1N2. The third-order valence-electron chi connectivity index (χ3n) is 3.80. The van der Waals surface area contributed by atoms with Gasteiger partial charge in [0.2, 0.25) is 11.8 Å². The molecule has 0 spiro atoms. The Labute approximate surface area is 114 Å². The molecule has 2 fully saturated rings. The first kappa shape index (κ1) is 14.3. The number of hydrogen-bond donors (Lipinski definition) is 3. The Morgan fingerprint density at radius 2 is 2.00 bits per heavy atom. The molecule has 2 heterocycles. The third-order valence-corrected chi connectivity index (χ3v) is 3.80. The molecule has 2 saturated heterocycles. The monoisotopic (exact) mass is 267 g/mol. The maximum atomic E-state index is 12.0. The van der Waals surface area contributed by atoms with E-state index in [1.165, 1.54) is 6.42 Å². The first-order valence-corrected chi connectivity index (χ1v) is 7.20. The van der Waals surface area contributed by atoms with Gasteiger partial charge in [-0.2, -0.15) is 0 Å². The minimum atomic E-state index is -0.213. The predicted octanol–water partition coefficient (Wildman–Crippen LogP) is 0.548. The molecule has 0 aromatic carbocycles. The molecule has 2 amide bonds. The summed E-state index contributed by atoms with van der Waals surface area (Å²) in [5.41, 5.74) is -0.213. The molecular weight excluding hydrogens is 242 g/mol. The summed E-state index contributed by atoms with van der Waals surface area (Å²) < 4.78 is 0. The Balaban J connectivity index is 1.66. The molecule has 0 aromatic heterocycles. The zero-order valence-corrected chi connectivity index (χ0v) is 12.1. The average molecular weight is 267 g/mol. The van der Waals surface area contributed by atoms with Gasteiger partial charge in [0.1, 0.15) is 0 Å². The fourth-order valence-electron chi connectivity index (χ4n) is 3.03. The standard InChI is InChI=1S/C14H25N3O2/c1-14(2,3)17-12(18)6-7-15-13(19)10-8-9-4-5-11(10)16-9/h9-11,16H,4-8H2,1-3H3,(H,15,19)(H,17,18). The summed E-state index contributed by atoms with van der Waals surface area (Å²) in [6.07, 6.45) is 3.59. The van der Waals surface area contributed by atoms with E-state index in [2.05, 4.69) is 16.0 Å². The van der Waals surface area contributed by atoms with Crippen LogP contribution in [-0.4, -0.2) is 36.0 Å². The second-order valence-electron chi connectivity index (χ2n) is 6.73. The van der Waals surface area contributed by atoms with Gasteiger partial charge in [-0.15, -0.1) is 0 Å². The number of nitrogens with one attached hydrogen (secondary N) is 3. The Hall–Kier alpha value is -1.10. The van der Waals surface area contributed by atoms with Crippen LogP contribution in [0.25, 0.3) is 0 Å². The number of carbonyl (C=O) groups excluding carboxylic acids is 2. The van der Waals surface area contributed by atoms with Crippen LogP contribution in [0.15, 0.2) is 0 Å². The first-order valence-electron chi connectivity index (χ1n) is 7.20. The van der Waals surface area contributed by atoms with Crippen LogP contribution in [0.1, 0.15) is 46.5 Å². The van der Waals surface area contributed by atoms with E-state index in [1.807, 2.05) is 20.8 Å². The fraction of sp³-hybridized carbons (Fsp3) is 0.857. The van der Waals surface area contributed by atoms with Crippen molar-refractivity contribution in [2.45, 2.75) is 64.1 Å². The molecule has 0 radical (unpaired) electrons. The van der Waals surface area contributed by atoms with Crippen molar-refractivity contribution in [3.05, 3.63) is 0 Å². The highest BCUT2D eigenvalue weighted by molar-refractivity contribution is 5.81. The van der Waals surface area contributed by atoms with Gasteiger partial charge in [-0.1, -0.05) is 0 Å². The van der Waals surface area contributed by atoms with Crippen molar-refractivity contribution in [2.24, 2.45) is 5.92 Å². The average Bonchev–Trinajstić information content (AvgIpc) is 2.87. The molecule has 5 nitrogen and oxygen atoms in total. The lowest BCUT2D eigenvalue weighted by atomic mass is 9.88. The zero-order chi connectivity index (χ0) is 14.0. The topological polar surface area (TPSA) is 70.2 Å². The van der Waals surface area contributed by atoms with E-state index in [1.54, 1.807) is 0 Å². The molecule has 0 aliphatic carbocycles. The molecule has 5 heteroatoms. The van der Waals surface area contributed by atoms with Crippen LogP contribution >= 0.6 is 0 Å². The van der Waals surface area contributed by atoms with Gasteiger partial charge in [-0.25, -0.2) is 0 Å². The zero-order valence-electron chi connectivity index (χ0n) is 12.1. The van der Waals surface area contributed by atoms with Crippen molar-refractivity contribution < 1.29 is 9.59 Å². The minimum Gasteiger partial charge on any atom is -0.355 e. The van der Waals surface area contributed by atoms with Gasteiger partial charge >= 0.3 is 0 Å². The van der Waals surface area contributed by atoms with Gasteiger partial charge < -0.3 is 16.0 Å². The summed E-state index contributed by atoms with van der Waals surface area (Å²) in [5.74, 6) is 0.187. The van der Waals surface area contributed by atoms with Crippen LogP contribution in [0.3, 0.4) is 0 Å². The van der Waals surface area contributed by atoms with E-state index in [0.717, 1.165) is 12.8 Å². The van der Waals surface area contributed by atoms with Gasteiger partial charge in [-0.3, -0.25) is 9.59 Å². The number of carbonyl (C=O) groups is 2. The van der Waals surface area contributed by atoms with Gasteiger partial charge in [0.25, 0.3) is 0 Å². The van der Waals surface area contributed by atoms with Gasteiger partial charge in [0.05, 0.1) is 5.92 Å². The first-order chi connectivity index (χ1) is 8.85.